The van der Waals surface area contributed by atoms with Crippen LogP contribution in [0.1, 0.15) is 37.4 Å². The van der Waals surface area contributed by atoms with Crippen LogP contribution in [0.15, 0.2) is 18.3 Å². The summed E-state index contributed by atoms with van der Waals surface area (Å²) in [4.78, 5) is 27.9. The number of nitrogens with zero attached hydrogens (tertiary/aromatic N) is 4. The molecule has 1 fully saturated rings. The third kappa shape index (κ3) is 3.48. The van der Waals surface area contributed by atoms with E-state index >= 15 is 0 Å². The molecular formula is C19H19F4N5O2. The van der Waals surface area contributed by atoms with Gasteiger partial charge in [-0.2, -0.15) is 5.10 Å². The van der Waals surface area contributed by atoms with Crippen molar-refractivity contribution in [1.82, 2.24) is 14.7 Å². The number of halogens is 4. The third-order valence-electron chi connectivity index (χ3n) is 5.38. The highest BCUT2D eigenvalue weighted by molar-refractivity contribution is 5.96. The van der Waals surface area contributed by atoms with Crippen LogP contribution < -0.4 is 10.2 Å². The van der Waals surface area contributed by atoms with Gasteiger partial charge in [0.05, 0.1) is 42.3 Å². The van der Waals surface area contributed by atoms with E-state index in [0.29, 0.717) is 43.0 Å². The van der Waals surface area contributed by atoms with Gasteiger partial charge in [-0.3, -0.25) is 9.48 Å². The molecule has 3 heterocycles. The van der Waals surface area contributed by atoms with Crippen molar-refractivity contribution in [3.05, 3.63) is 41.2 Å². The quantitative estimate of drug-likeness (QED) is 0.763. The van der Waals surface area contributed by atoms with Gasteiger partial charge < -0.3 is 15.1 Å². The molecule has 2 aromatic rings. The third-order valence-corrected chi connectivity index (χ3v) is 5.38. The summed E-state index contributed by atoms with van der Waals surface area (Å²) < 4.78 is 54.8. The number of nitrogens with one attached hydrogen (secondary N) is 1. The van der Waals surface area contributed by atoms with Crippen LogP contribution in [0.25, 0.3) is 0 Å². The second kappa shape index (κ2) is 7.62. The van der Waals surface area contributed by atoms with E-state index in [9.17, 15) is 27.2 Å². The number of carbonyl (C=O) groups is 2. The molecule has 1 saturated heterocycles. The van der Waals surface area contributed by atoms with E-state index in [-0.39, 0.29) is 24.2 Å². The summed E-state index contributed by atoms with van der Waals surface area (Å²) in [6.07, 6.45) is -0.433. The van der Waals surface area contributed by atoms with E-state index in [1.54, 1.807) is 22.7 Å². The summed E-state index contributed by atoms with van der Waals surface area (Å²) in [5.74, 6) is -3.12. The van der Waals surface area contributed by atoms with Gasteiger partial charge in [0.25, 0.3) is 6.43 Å². The van der Waals surface area contributed by atoms with Crippen LogP contribution in [0.2, 0.25) is 0 Å². The SMILES string of the molecule is C[C@H]1Cn2ncc(N3CCCC3=O)c2CN1C(=O)Nc1cc(F)c(F)c(C(F)F)c1. The summed E-state index contributed by atoms with van der Waals surface area (Å²) in [5, 5.41) is 6.67. The number of hydrogen-bond donors (Lipinski definition) is 1. The first-order valence-electron chi connectivity index (χ1n) is 9.46. The number of alkyl halides is 2. The zero-order valence-corrected chi connectivity index (χ0v) is 16.0. The Labute approximate surface area is 169 Å². The minimum absolute atomic E-state index is 0.0123. The molecule has 0 radical (unpaired) electrons. The van der Waals surface area contributed by atoms with Gasteiger partial charge in [-0.15, -0.1) is 0 Å². The lowest BCUT2D eigenvalue weighted by atomic mass is 10.1. The number of anilines is 2. The van der Waals surface area contributed by atoms with E-state index in [0.717, 1.165) is 6.42 Å². The maximum atomic E-state index is 13.7. The van der Waals surface area contributed by atoms with Gasteiger partial charge >= 0.3 is 6.03 Å². The van der Waals surface area contributed by atoms with Gasteiger partial charge in [-0.25, -0.2) is 22.4 Å². The molecule has 1 atom stereocenters. The molecule has 0 aliphatic carbocycles. The van der Waals surface area contributed by atoms with Crippen LogP contribution in [-0.4, -0.2) is 39.2 Å². The van der Waals surface area contributed by atoms with Crippen LogP contribution in [0.5, 0.6) is 0 Å². The Kier molecular flexibility index (Phi) is 5.12. The molecule has 1 aromatic carbocycles. The van der Waals surface area contributed by atoms with Gasteiger partial charge in [0, 0.05) is 24.7 Å². The Bertz CT molecular complexity index is 1010. The maximum absolute atomic E-state index is 13.7. The first-order chi connectivity index (χ1) is 14.3. The topological polar surface area (TPSA) is 70.5 Å². The molecule has 2 aliphatic rings. The predicted octanol–water partition coefficient (Wildman–Crippen LogP) is 3.66. The fraction of sp³-hybridized carbons (Fsp3) is 0.421. The number of fused-ring (bicyclic) bond motifs is 1. The van der Waals surface area contributed by atoms with Crippen LogP contribution >= 0.6 is 0 Å². The maximum Gasteiger partial charge on any atom is 0.322 e. The van der Waals surface area contributed by atoms with Crippen LogP contribution in [-0.2, 0) is 17.9 Å². The summed E-state index contributed by atoms with van der Waals surface area (Å²) in [5.41, 5.74) is -0.0765. The molecule has 1 aromatic heterocycles. The minimum atomic E-state index is -3.22. The molecule has 0 unspecified atom stereocenters. The van der Waals surface area contributed by atoms with Gasteiger partial charge in [0.1, 0.15) is 0 Å². The number of aromatic nitrogens is 2. The monoisotopic (exact) mass is 425 g/mol. The Morgan fingerprint density at radius 1 is 1.30 bits per heavy atom. The van der Waals surface area contributed by atoms with E-state index in [1.165, 1.54) is 4.90 Å². The molecule has 11 heteroatoms. The first kappa shape index (κ1) is 20.2. The Morgan fingerprint density at radius 3 is 2.73 bits per heavy atom. The average Bonchev–Trinajstić information content (AvgIpc) is 3.28. The Hall–Kier alpha value is -3.11. The fourth-order valence-electron chi connectivity index (χ4n) is 3.82. The zero-order valence-electron chi connectivity index (χ0n) is 16.0. The number of rotatable bonds is 3. The van der Waals surface area contributed by atoms with Crippen molar-refractivity contribution in [1.29, 1.82) is 0 Å². The van der Waals surface area contributed by atoms with E-state index in [2.05, 4.69) is 10.4 Å². The van der Waals surface area contributed by atoms with Gasteiger partial charge in [-0.05, 0) is 19.4 Å². The average molecular weight is 425 g/mol. The summed E-state index contributed by atoms with van der Waals surface area (Å²) >= 11 is 0. The van der Waals surface area contributed by atoms with Crippen LogP contribution in [0.3, 0.4) is 0 Å². The summed E-state index contributed by atoms with van der Waals surface area (Å²) in [6, 6.07) is 0.416. The number of benzene rings is 1. The lowest BCUT2D eigenvalue weighted by Crippen LogP contribution is -2.47. The van der Waals surface area contributed by atoms with Gasteiger partial charge in [0.2, 0.25) is 5.91 Å². The van der Waals surface area contributed by atoms with E-state index in [1.807, 2.05) is 0 Å². The molecule has 0 saturated carbocycles. The highest BCUT2D eigenvalue weighted by Gasteiger charge is 2.33. The molecule has 7 nitrogen and oxygen atoms in total. The van der Waals surface area contributed by atoms with Crippen molar-refractivity contribution in [3.8, 4) is 0 Å². The second-order valence-electron chi connectivity index (χ2n) is 7.38. The largest absolute Gasteiger partial charge is 0.322 e. The molecule has 0 spiro atoms. The number of amides is 3. The van der Waals surface area contributed by atoms with E-state index < -0.39 is 29.7 Å². The first-order valence-corrected chi connectivity index (χ1v) is 9.46. The van der Waals surface area contributed by atoms with Gasteiger partial charge in [-0.1, -0.05) is 0 Å². The standard InChI is InChI=1S/C19H19F4N5O2/c1-10-8-28-15(14(7-24-28)26-4-2-3-16(26)29)9-27(10)19(30)25-11-5-12(18(22)23)17(21)13(20)6-11/h5-7,10,18H,2-4,8-9H2,1H3,(H,25,30)/t10-/m0/s1. The molecular weight excluding hydrogens is 406 g/mol. The second-order valence-corrected chi connectivity index (χ2v) is 7.38. The minimum Gasteiger partial charge on any atom is -0.314 e. The van der Waals surface area contributed by atoms with E-state index in [4.69, 9.17) is 0 Å². The lowest BCUT2D eigenvalue weighted by Gasteiger charge is -2.35. The number of carbonyl (C=O) groups excluding carboxylic acids is 2. The van der Waals surface area contributed by atoms with Crippen molar-refractivity contribution >= 4 is 23.3 Å². The molecule has 30 heavy (non-hydrogen) atoms. The lowest BCUT2D eigenvalue weighted by molar-refractivity contribution is -0.117. The number of urea groups is 1. The van der Waals surface area contributed by atoms with Crippen molar-refractivity contribution in [2.24, 2.45) is 0 Å². The summed E-state index contributed by atoms with van der Waals surface area (Å²) in [7, 11) is 0. The normalized spacial score (nSPS) is 18.9. The summed E-state index contributed by atoms with van der Waals surface area (Å²) in [6.45, 7) is 2.84. The fourth-order valence-corrected chi connectivity index (χ4v) is 3.82. The van der Waals surface area contributed by atoms with Crippen molar-refractivity contribution < 1.29 is 27.2 Å². The molecule has 4 rings (SSSR count). The molecule has 0 bridgehead atoms. The van der Waals surface area contributed by atoms with Crippen molar-refractivity contribution in [2.75, 3.05) is 16.8 Å². The zero-order chi connectivity index (χ0) is 21.6. The Morgan fingerprint density at radius 2 is 2.07 bits per heavy atom. The van der Waals surface area contributed by atoms with Crippen LogP contribution in [0, 0.1) is 11.6 Å². The Balaban J connectivity index is 1.56. The molecule has 2 aliphatic heterocycles. The van der Waals surface area contributed by atoms with Gasteiger partial charge in [0.15, 0.2) is 11.6 Å². The molecule has 160 valence electrons. The number of hydrogen-bond acceptors (Lipinski definition) is 3. The molecule has 1 N–H and O–H groups in total. The van der Waals surface area contributed by atoms with Crippen molar-refractivity contribution in [2.45, 2.75) is 45.3 Å². The highest BCUT2D eigenvalue weighted by Crippen LogP contribution is 2.31. The smallest absolute Gasteiger partial charge is 0.314 e. The highest BCUT2D eigenvalue weighted by atomic mass is 19.3. The molecule has 3 amide bonds. The van der Waals surface area contributed by atoms with Crippen LogP contribution in [0.4, 0.5) is 33.7 Å². The predicted molar refractivity (Wildman–Crippen MR) is 99.2 cm³/mol. The van der Waals surface area contributed by atoms with Crippen molar-refractivity contribution in [3.63, 3.8) is 0 Å².